The average molecular weight is 264 g/mol. The van der Waals surface area contributed by atoms with Gasteiger partial charge in [0.2, 0.25) is 11.7 Å². The molecule has 1 saturated heterocycles. The molecule has 0 aromatic carbocycles. The SMILES string of the molecule is C=C(C)CCCC(=O)c1ncc(N2CCOCC2)o1. The third-order valence-corrected chi connectivity index (χ3v) is 3.06. The predicted octanol–water partition coefficient (Wildman–Crippen LogP) is 2.44. The molecule has 2 rings (SSSR count). The van der Waals surface area contributed by atoms with Crippen LogP contribution >= 0.6 is 0 Å². The highest BCUT2D eigenvalue weighted by atomic mass is 16.5. The Morgan fingerprint density at radius 3 is 2.84 bits per heavy atom. The van der Waals surface area contributed by atoms with E-state index in [1.165, 1.54) is 0 Å². The molecule has 0 saturated carbocycles. The zero-order chi connectivity index (χ0) is 13.7. The molecule has 1 aliphatic heterocycles. The Labute approximate surface area is 113 Å². The first-order valence-corrected chi connectivity index (χ1v) is 6.63. The van der Waals surface area contributed by atoms with Crippen LogP contribution in [0.1, 0.15) is 36.9 Å². The Kier molecular flexibility index (Phi) is 4.74. The molecule has 5 heteroatoms. The summed E-state index contributed by atoms with van der Waals surface area (Å²) in [4.78, 5) is 18.0. The van der Waals surface area contributed by atoms with Crippen molar-refractivity contribution in [3.8, 4) is 0 Å². The molecule has 0 radical (unpaired) electrons. The second-order valence-electron chi connectivity index (χ2n) is 4.84. The third kappa shape index (κ3) is 3.92. The Balaban J connectivity index is 1.88. The van der Waals surface area contributed by atoms with Gasteiger partial charge in [0.25, 0.3) is 5.89 Å². The highest BCUT2D eigenvalue weighted by Gasteiger charge is 2.18. The number of anilines is 1. The molecule has 0 bridgehead atoms. The number of ether oxygens (including phenoxy) is 1. The van der Waals surface area contributed by atoms with Crippen molar-refractivity contribution in [3.63, 3.8) is 0 Å². The molecule has 2 heterocycles. The standard InChI is InChI=1S/C14H20N2O3/c1-11(2)4-3-5-12(17)14-15-10-13(19-14)16-6-8-18-9-7-16/h10H,1,3-9H2,2H3. The molecule has 1 fully saturated rings. The van der Waals surface area contributed by atoms with Crippen molar-refractivity contribution in [2.24, 2.45) is 0 Å². The Hall–Kier alpha value is -1.62. The second kappa shape index (κ2) is 6.52. The van der Waals surface area contributed by atoms with Gasteiger partial charge in [-0.25, -0.2) is 4.98 Å². The molecule has 1 aromatic heterocycles. The molecule has 0 amide bonds. The molecule has 1 aliphatic rings. The van der Waals surface area contributed by atoms with Crippen molar-refractivity contribution in [3.05, 3.63) is 24.2 Å². The van der Waals surface area contributed by atoms with E-state index in [0.29, 0.717) is 25.5 Å². The molecule has 0 spiro atoms. The summed E-state index contributed by atoms with van der Waals surface area (Å²) in [6.45, 7) is 8.70. The number of aromatic nitrogens is 1. The molecule has 104 valence electrons. The van der Waals surface area contributed by atoms with E-state index in [4.69, 9.17) is 9.15 Å². The largest absolute Gasteiger partial charge is 0.417 e. The number of carbonyl (C=O) groups is 1. The van der Waals surface area contributed by atoms with E-state index >= 15 is 0 Å². The van der Waals surface area contributed by atoms with Gasteiger partial charge in [0.1, 0.15) is 0 Å². The van der Waals surface area contributed by atoms with E-state index in [0.717, 1.165) is 31.5 Å². The molecule has 0 aliphatic carbocycles. The summed E-state index contributed by atoms with van der Waals surface area (Å²) in [7, 11) is 0. The molecular weight excluding hydrogens is 244 g/mol. The molecule has 1 aromatic rings. The number of rotatable bonds is 6. The number of oxazole rings is 1. The summed E-state index contributed by atoms with van der Waals surface area (Å²) in [5.41, 5.74) is 1.09. The van der Waals surface area contributed by atoms with Crippen molar-refractivity contribution in [2.45, 2.75) is 26.2 Å². The van der Waals surface area contributed by atoms with Crippen molar-refractivity contribution < 1.29 is 13.9 Å². The molecule has 0 unspecified atom stereocenters. The van der Waals surface area contributed by atoms with Crippen molar-refractivity contribution in [2.75, 3.05) is 31.2 Å². The van der Waals surface area contributed by atoms with Crippen LogP contribution in [0.5, 0.6) is 0 Å². The maximum Gasteiger partial charge on any atom is 0.264 e. The van der Waals surface area contributed by atoms with Crippen LogP contribution < -0.4 is 4.90 Å². The van der Waals surface area contributed by atoms with Crippen LogP contribution in [-0.2, 0) is 4.74 Å². The van der Waals surface area contributed by atoms with Gasteiger partial charge in [0, 0.05) is 19.5 Å². The molecule has 5 nitrogen and oxygen atoms in total. The average Bonchev–Trinajstić information content (AvgIpc) is 2.89. The molecule has 0 atom stereocenters. The topological polar surface area (TPSA) is 55.6 Å². The summed E-state index contributed by atoms with van der Waals surface area (Å²) >= 11 is 0. The highest BCUT2D eigenvalue weighted by Crippen LogP contribution is 2.18. The first kappa shape index (κ1) is 13.8. The lowest BCUT2D eigenvalue weighted by atomic mass is 10.1. The van der Waals surface area contributed by atoms with E-state index in [2.05, 4.69) is 11.6 Å². The van der Waals surface area contributed by atoms with Crippen LogP contribution in [0.15, 0.2) is 22.8 Å². The minimum absolute atomic E-state index is 0.0410. The number of ketones is 1. The number of hydrogen-bond donors (Lipinski definition) is 0. The van der Waals surface area contributed by atoms with Crippen LogP contribution in [0, 0.1) is 0 Å². The summed E-state index contributed by atoms with van der Waals surface area (Å²) < 4.78 is 10.8. The molecule has 0 N–H and O–H groups in total. The van der Waals surface area contributed by atoms with Gasteiger partial charge in [0.05, 0.1) is 19.4 Å². The van der Waals surface area contributed by atoms with Gasteiger partial charge >= 0.3 is 0 Å². The number of allylic oxidation sites excluding steroid dienone is 1. The van der Waals surface area contributed by atoms with E-state index < -0.39 is 0 Å². The summed E-state index contributed by atoms with van der Waals surface area (Å²) in [5, 5.41) is 0. The third-order valence-electron chi connectivity index (χ3n) is 3.06. The Morgan fingerprint density at radius 1 is 1.42 bits per heavy atom. The highest BCUT2D eigenvalue weighted by molar-refractivity contribution is 5.91. The normalized spacial score (nSPS) is 15.5. The van der Waals surface area contributed by atoms with Gasteiger partial charge in [0.15, 0.2) is 0 Å². The predicted molar refractivity (Wildman–Crippen MR) is 72.5 cm³/mol. The fourth-order valence-electron chi connectivity index (χ4n) is 1.98. The molecular formula is C14H20N2O3. The van der Waals surface area contributed by atoms with Crippen LogP contribution in [0.2, 0.25) is 0 Å². The summed E-state index contributed by atoms with van der Waals surface area (Å²) in [6, 6.07) is 0. The number of hydrogen-bond acceptors (Lipinski definition) is 5. The zero-order valence-corrected chi connectivity index (χ0v) is 11.4. The lowest BCUT2D eigenvalue weighted by molar-refractivity contribution is 0.0945. The van der Waals surface area contributed by atoms with Crippen molar-refractivity contribution >= 4 is 11.7 Å². The number of carbonyl (C=O) groups excluding carboxylic acids is 1. The van der Waals surface area contributed by atoms with Crippen LogP contribution in [0.3, 0.4) is 0 Å². The van der Waals surface area contributed by atoms with Crippen molar-refractivity contribution in [1.82, 2.24) is 4.98 Å². The van der Waals surface area contributed by atoms with Gasteiger partial charge in [-0.3, -0.25) is 4.79 Å². The van der Waals surface area contributed by atoms with Gasteiger partial charge in [-0.2, -0.15) is 0 Å². The lowest BCUT2D eigenvalue weighted by Gasteiger charge is -2.25. The maximum absolute atomic E-state index is 11.9. The summed E-state index contributed by atoms with van der Waals surface area (Å²) in [6.07, 6.45) is 3.74. The number of morpholine rings is 1. The van der Waals surface area contributed by atoms with Gasteiger partial charge in [-0.05, 0) is 19.8 Å². The zero-order valence-electron chi connectivity index (χ0n) is 11.4. The lowest BCUT2D eigenvalue weighted by Crippen LogP contribution is -2.35. The van der Waals surface area contributed by atoms with E-state index in [9.17, 15) is 4.79 Å². The van der Waals surface area contributed by atoms with Crippen LogP contribution in [0.4, 0.5) is 5.88 Å². The van der Waals surface area contributed by atoms with Crippen LogP contribution in [0.25, 0.3) is 0 Å². The van der Waals surface area contributed by atoms with Crippen molar-refractivity contribution in [1.29, 1.82) is 0 Å². The quantitative estimate of drug-likeness (QED) is 0.583. The minimum Gasteiger partial charge on any atom is -0.417 e. The Morgan fingerprint density at radius 2 is 2.16 bits per heavy atom. The monoisotopic (exact) mass is 264 g/mol. The fraction of sp³-hybridized carbons (Fsp3) is 0.571. The number of Topliss-reactive ketones (excluding diaryl/α,β-unsaturated/α-hetero) is 1. The fourth-order valence-corrected chi connectivity index (χ4v) is 1.98. The van der Waals surface area contributed by atoms with E-state index in [-0.39, 0.29) is 11.7 Å². The second-order valence-corrected chi connectivity index (χ2v) is 4.84. The van der Waals surface area contributed by atoms with Gasteiger partial charge in [-0.1, -0.05) is 5.57 Å². The molecule has 19 heavy (non-hydrogen) atoms. The minimum atomic E-state index is -0.0410. The van der Waals surface area contributed by atoms with Crippen LogP contribution in [-0.4, -0.2) is 37.1 Å². The number of nitrogens with zero attached hydrogens (tertiary/aromatic N) is 2. The van der Waals surface area contributed by atoms with E-state index in [1.54, 1.807) is 6.20 Å². The van der Waals surface area contributed by atoms with Gasteiger partial charge in [-0.15, -0.1) is 6.58 Å². The summed E-state index contributed by atoms with van der Waals surface area (Å²) in [5.74, 6) is 0.829. The first-order chi connectivity index (χ1) is 9.16. The Bertz CT molecular complexity index is 447. The maximum atomic E-state index is 11.9. The van der Waals surface area contributed by atoms with Gasteiger partial charge < -0.3 is 14.1 Å². The first-order valence-electron chi connectivity index (χ1n) is 6.63. The van der Waals surface area contributed by atoms with E-state index in [1.807, 2.05) is 11.8 Å². The smallest absolute Gasteiger partial charge is 0.264 e.